The van der Waals surface area contributed by atoms with Crippen LogP contribution in [0.1, 0.15) is 29.6 Å². The van der Waals surface area contributed by atoms with Crippen molar-refractivity contribution in [2.24, 2.45) is 0 Å². The molecule has 0 bridgehead atoms. The van der Waals surface area contributed by atoms with E-state index in [1.807, 2.05) is 0 Å². The third-order valence-electron chi connectivity index (χ3n) is 4.66. The van der Waals surface area contributed by atoms with Gasteiger partial charge in [-0.3, -0.25) is 14.9 Å². The van der Waals surface area contributed by atoms with Crippen molar-refractivity contribution in [1.29, 1.82) is 0 Å². The Morgan fingerprint density at radius 2 is 1.61 bits per heavy atom. The lowest BCUT2D eigenvalue weighted by Gasteiger charge is -2.25. The van der Waals surface area contributed by atoms with Gasteiger partial charge in [-0.1, -0.05) is 6.42 Å². The number of benzene rings is 2. The Morgan fingerprint density at radius 1 is 1.00 bits per heavy atom. The van der Waals surface area contributed by atoms with Gasteiger partial charge >= 0.3 is 0 Å². The van der Waals surface area contributed by atoms with E-state index in [-0.39, 0.29) is 22.9 Å². The maximum Gasteiger partial charge on any atom is 0.269 e. The molecular weight excluding hydrogens is 382 g/mol. The molecule has 2 aromatic rings. The Bertz CT molecular complexity index is 950. The number of hydrogen-bond acceptors (Lipinski definition) is 6. The number of sulfonamides is 1. The molecule has 1 N–H and O–H groups in total. The number of nitrogens with one attached hydrogen (secondary N) is 1. The minimum Gasteiger partial charge on any atom is -0.378 e. The van der Waals surface area contributed by atoms with Gasteiger partial charge in [0.25, 0.3) is 5.69 Å². The molecule has 148 valence electrons. The molecule has 0 radical (unpaired) electrons. The summed E-state index contributed by atoms with van der Waals surface area (Å²) in [4.78, 5) is 22.7. The molecule has 3 rings (SSSR count). The first kappa shape index (κ1) is 20.0. The van der Waals surface area contributed by atoms with Crippen LogP contribution in [0.15, 0.2) is 53.4 Å². The molecule has 28 heavy (non-hydrogen) atoms. The highest BCUT2D eigenvalue weighted by Gasteiger charge is 2.25. The average molecular weight is 403 g/mol. The number of rotatable bonds is 7. The Balaban J connectivity index is 1.62. The molecule has 0 saturated carbocycles. The Labute approximate surface area is 163 Å². The summed E-state index contributed by atoms with van der Waals surface area (Å²) in [5.74, 6) is -0.208. The maximum atomic E-state index is 12.6. The van der Waals surface area contributed by atoms with Crippen molar-refractivity contribution >= 4 is 27.2 Å². The molecule has 2 aromatic carbocycles. The molecule has 0 amide bonds. The van der Waals surface area contributed by atoms with Crippen LogP contribution < -0.4 is 5.32 Å². The molecule has 8 nitrogen and oxygen atoms in total. The Hall–Kier alpha value is -2.78. The number of nitro groups is 1. The normalized spacial score (nSPS) is 15.1. The quantitative estimate of drug-likeness (QED) is 0.432. The zero-order valence-corrected chi connectivity index (χ0v) is 16.0. The second-order valence-electron chi connectivity index (χ2n) is 6.57. The average Bonchev–Trinajstić information content (AvgIpc) is 2.73. The number of carbonyl (C=O) groups is 1. The van der Waals surface area contributed by atoms with Gasteiger partial charge < -0.3 is 5.32 Å². The second-order valence-corrected chi connectivity index (χ2v) is 8.51. The summed E-state index contributed by atoms with van der Waals surface area (Å²) in [6, 6.07) is 11.7. The highest BCUT2D eigenvalue weighted by molar-refractivity contribution is 7.89. The van der Waals surface area contributed by atoms with Gasteiger partial charge in [0, 0.05) is 36.5 Å². The lowest BCUT2D eigenvalue weighted by molar-refractivity contribution is -0.384. The highest BCUT2D eigenvalue weighted by atomic mass is 32.2. The van der Waals surface area contributed by atoms with Crippen molar-refractivity contribution in [1.82, 2.24) is 4.31 Å². The van der Waals surface area contributed by atoms with Crippen molar-refractivity contribution in [2.75, 3.05) is 25.0 Å². The molecule has 1 fully saturated rings. The largest absolute Gasteiger partial charge is 0.378 e. The monoisotopic (exact) mass is 403 g/mol. The second kappa shape index (κ2) is 8.49. The van der Waals surface area contributed by atoms with E-state index in [1.165, 1.54) is 52.8 Å². The summed E-state index contributed by atoms with van der Waals surface area (Å²) in [5, 5.41) is 13.6. The first-order valence-corrected chi connectivity index (χ1v) is 10.4. The summed E-state index contributed by atoms with van der Waals surface area (Å²) < 4.78 is 26.8. The molecule has 1 aliphatic rings. The van der Waals surface area contributed by atoms with Gasteiger partial charge in [-0.05, 0) is 49.2 Å². The molecular formula is C19H21N3O5S. The fraction of sp³-hybridized carbons (Fsp3) is 0.316. The first-order valence-electron chi connectivity index (χ1n) is 9.00. The van der Waals surface area contributed by atoms with E-state index in [0.29, 0.717) is 24.3 Å². The smallest absolute Gasteiger partial charge is 0.269 e. The van der Waals surface area contributed by atoms with Gasteiger partial charge in [-0.15, -0.1) is 0 Å². The number of ketones is 1. The van der Waals surface area contributed by atoms with E-state index in [0.717, 1.165) is 19.3 Å². The van der Waals surface area contributed by atoms with Crippen molar-refractivity contribution in [3.63, 3.8) is 0 Å². The zero-order valence-electron chi connectivity index (χ0n) is 15.2. The molecule has 1 heterocycles. The lowest BCUT2D eigenvalue weighted by Crippen LogP contribution is -2.35. The maximum absolute atomic E-state index is 12.6. The van der Waals surface area contributed by atoms with Crippen LogP contribution in [0.4, 0.5) is 11.4 Å². The van der Waals surface area contributed by atoms with Gasteiger partial charge in [0.15, 0.2) is 5.78 Å². The number of nitro benzene ring substituents is 1. The minimum absolute atomic E-state index is 0.00394. The molecule has 0 spiro atoms. The van der Waals surface area contributed by atoms with Gasteiger partial charge in [0.05, 0.1) is 16.4 Å². The van der Waals surface area contributed by atoms with Gasteiger partial charge in [0.1, 0.15) is 0 Å². The van der Waals surface area contributed by atoms with Crippen LogP contribution in [0.2, 0.25) is 0 Å². The fourth-order valence-corrected chi connectivity index (χ4v) is 4.57. The fourth-order valence-electron chi connectivity index (χ4n) is 3.05. The topological polar surface area (TPSA) is 110 Å². The van der Waals surface area contributed by atoms with Crippen LogP contribution >= 0.6 is 0 Å². The van der Waals surface area contributed by atoms with Gasteiger partial charge in [-0.2, -0.15) is 4.31 Å². The summed E-state index contributed by atoms with van der Waals surface area (Å²) in [6.45, 7) is 1.06. The minimum atomic E-state index is -3.52. The van der Waals surface area contributed by atoms with E-state index in [4.69, 9.17) is 0 Å². The van der Waals surface area contributed by atoms with Gasteiger partial charge in [0.2, 0.25) is 10.0 Å². The van der Waals surface area contributed by atoms with Crippen LogP contribution in [-0.2, 0) is 10.0 Å². The molecule has 0 unspecified atom stereocenters. The number of hydrogen-bond donors (Lipinski definition) is 1. The van der Waals surface area contributed by atoms with Crippen molar-refractivity contribution in [3.05, 3.63) is 64.2 Å². The van der Waals surface area contributed by atoms with Crippen LogP contribution in [0.3, 0.4) is 0 Å². The number of anilines is 1. The van der Waals surface area contributed by atoms with E-state index in [9.17, 15) is 23.3 Å². The summed E-state index contributed by atoms with van der Waals surface area (Å²) >= 11 is 0. The molecule has 0 aliphatic carbocycles. The number of piperidine rings is 1. The van der Waals surface area contributed by atoms with Crippen molar-refractivity contribution in [3.8, 4) is 0 Å². The first-order chi connectivity index (χ1) is 13.4. The predicted molar refractivity (Wildman–Crippen MR) is 105 cm³/mol. The van der Waals surface area contributed by atoms with Crippen LogP contribution in [-0.4, -0.2) is 43.1 Å². The number of carbonyl (C=O) groups excluding carboxylic acids is 1. The molecule has 1 aliphatic heterocycles. The third-order valence-corrected chi connectivity index (χ3v) is 6.57. The van der Waals surface area contributed by atoms with E-state index < -0.39 is 14.9 Å². The Morgan fingerprint density at radius 3 is 2.18 bits per heavy atom. The highest BCUT2D eigenvalue weighted by Crippen LogP contribution is 2.21. The van der Waals surface area contributed by atoms with Crippen molar-refractivity contribution in [2.45, 2.75) is 24.2 Å². The van der Waals surface area contributed by atoms with E-state index >= 15 is 0 Å². The van der Waals surface area contributed by atoms with Crippen molar-refractivity contribution < 1.29 is 18.1 Å². The van der Waals surface area contributed by atoms with Crippen LogP contribution in [0.5, 0.6) is 0 Å². The SMILES string of the molecule is O=C(CNc1ccc([N+](=O)[O-])cc1)c1ccc(S(=O)(=O)N2CCCCC2)cc1. The summed E-state index contributed by atoms with van der Waals surface area (Å²) in [7, 11) is -3.52. The molecule has 9 heteroatoms. The van der Waals surface area contributed by atoms with E-state index in [2.05, 4.69) is 5.32 Å². The van der Waals surface area contributed by atoms with Crippen LogP contribution in [0, 0.1) is 10.1 Å². The molecule has 0 aromatic heterocycles. The number of nitrogens with zero attached hydrogens (tertiary/aromatic N) is 2. The van der Waals surface area contributed by atoms with Crippen LogP contribution in [0.25, 0.3) is 0 Å². The molecule has 1 saturated heterocycles. The number of non-ortho nitro benzene ring substituents is 1. The standard InChI is InChI=1S/C19H21N3O5S/c23-19(14-20-16-6-8-17(9-7-16)22(24)25)15-4-10-18(11-5-15)28(26,27)21-12-2-1-3-13-21/h4-11,20H,1-3,12-14H2. The molecule has 0 atom stereocenters. The third kappa shape index (κ3) is 4.55. The Kier molecular flexibility index (Phi) is 6.05. The number of Topliss-reactive ketones (excluding diaryl/α,β-unsaturated/α-hetero) is 1. The summed E-state index contributed by atoms with van der Waals surface area (Å²) in [6.07, 6.45) is 2.77. The zero-order chi connectivity index (χ0) is 20.1. The predicted octanol–water partition coefficient (Wildman–Crippen LogP) is 3.06. The van der Waals surface area contributed by atoms with E-state index in [1.54, 1.807) is 0 Å². The summed E-state index contributed by atoms with van der Waals surface area (Å²) in [5.41, 5.74) is 0.956. The van der Waals surface area contributed by atoms with Gasteiger partial charge in [-0.25, -0.2) is 8.42 Å². The lowest BCUT2D eigenvalue weighted by atomic mass is 10.1.